The summed E-state index contributed by atoms with van der Waals surface area (Å²) >= 11 is 0. The molecule has 0 bridgehead atoms. The molecule has 0 aliphatic heterocycles. The summed E-state index contributed by atoms with van der Waals surface area (Å²) in [5, 5.41) is 3.52. The van der Waals surface area contributed by atoms with Gasteiger partial charge in [0.05, 0.1) is 7.11 Å². The first-order chi connectivity index (χ1) is 16.9. The van der Waals surface area contributed by atoms with E-state index in [-0.39, 0.29) is 0 Å². The lowest BCUT2D eigenvalue weighted by Crippen LogP contribution is -2.02. The third kappa shape index (κ3) is 6.64. The van der Waals surface area contributed by atoms with E-state index in [1.807, 2.05) is 24.3 Å². The topological polar surface area (TPSA) is 21.3 Å². The normalized spacial score (nSPS) is 13.3. The maximum atomic E-state index is 5.24. The summed E-state index contributed by atoms with van der Waals surface area (Å²) in [7, 11) is 1.69. The Morgan fingerprint density at radius 1 is 0.743 bits per heavy atom. The monoisotopic (exact) mass is 461 g/mol. The molecule has 3 aromatic carbocycles. The molecule has 1 aliphatic carbocycles. The Morgan fingerprint density at radius 3 is 1.80 bits per heavy atom. The van der Waals surface area contributed by atoms with Gasteiger partial charge in [-0.25, -0.2) is 0 Å². The van der Waals surface area contributed by atoms with Crippen LogP contribution in [0.4, 0.5) is 5.69 Å². The molecule has 1 aliphatic rings. The molecule has 4 rings (SSSR count). The molecule has 2 heteroatoms. The van der Waals surface area contributed by atoms with E-state index < -0.39 is 0 Å². The van der Waals surface area contributed by atoms with Crippen LogP contribution >= 0.6 is 0 Å². The smallest absolute Gasteiger partial charge is 0.119 e. The Hall–Kier alpha value is -3.78. The van der Waals surface area contributed by atoms with Gasteiger partial charge in [-0.05, 0) is 93.2 Å². The van der Waals surface area contributed by atoms with Crippen molar-refractivity contribution in [3.8, 4) is 5.75 Å². The van der Waals surface area contributed by atoms with Crippen molar-refractivity contribution in [3.05, 3.63) is 136 Å². The van der Waals surface area contributed by atoms with Crippen LogP contribution in [-0.4, -0.2) is 7.11 Å². The largest absolute Gasteiger partial charge is 0.497 e. The first kappa shape index (κ1) is 24.3. The maximum absolute atomic E-state index is 5.24. The molecule has 0 atom stereocenters. The van der Waals surface area contributed by atoms with E-state index in [0.29, 0.717) is 0 Å². The van der Waals surface area contributed by atoms with Crippen molar-refractivity contribution in [2.45, 2.75) is 40.5 Å². The SMILES string of the molecule is COc1ccc(NC2=CC=C(C=CC=C(c3cc(C)cc(C)c3)c3cc(C)cc(C)c3)CC2)cc1. The summed E-state index contributed by atoms with van der Waals surface area (Å²) < 4.78 is 5.24. The van der Waals surface area contributed by atoms with Crippen LogP contribution in [0.2, 0.25) is 0 Å². The Labute approximate surface area is 210 Å². The fourth-order valence-electron chi connectivity index (χ4n) is 4.64. The molecule has 35 heavy (non-hydrogen) atoms. The number of allylic oxidation sites excluding steroid dienone is 7. The molecule has 0 fully saturated rings. The van der Waals surface area contributed by atoms with Crippen LogP contribution in [0.3, 0.4) is 0 Å². The molecular formula is C33H35NO. The van der Waals surface area contributed by atoms with Crippen LogP contribution in [0, 0.1) is 27.7 Å². The third-order valence-corrected chi connectivity index (χ3v) is 6.22. The zero-order chi connectivity index (χ0) is 24.8. The lowest BCUT2D eigenvalue weighted by atomic mass is 9.92. The van der Waals surface area contributed by atoms with Crippen molar-refractivity contribution in [3.63, 3.8) is 0 Å². The highest BCUT2D eigenvalue weighted by Gasteiger charge is 2.08. The first-order valence-corrected chi connectivity index (χ1v) is 12.3. The number of benzene rings is 3. The molecule has 0 amide bonds. The zero-order valence-electron chi connectivity index (χ0n) is 21.5. The van der Waals surface area contributed by atoms with E-state index in [9.17, 15) is 0 Å². The van der Waals surface area contributed by atoms with E-state index in [4.69, 9.17) is 4.74 Å². The minimum atomic E-state index is 0.870. The molecule has 178 valence electrons. The summed E-state index contributed by atoms with van der Waals surface area (Å²) in [5.41, 5.74) is 12.6. The molecule has 0 heterocycles. The van der Waals surface area contributed by atoms with E-state index in [1.54, 1.807) is 7.11 Å². The molecule has 0 saturated heterocycles. The number of aryl methyl sites for hydroxylation is 4. The molecule has 0 spiro atoms. The van der Waals surface area contributed by atoms with Crippen molar-refractivity contribution in [1.29, 1.82) is 0 Å². The predicted octanol–water partition coefficient (Wildman–Crippen LogP) is 8.63. The number of hydrogen-bond acceptors (Lipinski definition) is 2. The molecule has 0 aromatic heterocycles. The van der Waals surface area contributed by atoms with Crippen molar-refractivity contribution < 1.29 is 4.74 Å². The highest BCUT2D eigenvalue weighted by Crippen LogP contribution is 2.28. The Balaban J connectivity index is 1.56. The summed E-state index contributed by atoms with van der Waals surface area (Å²) in [5.74, 6) is 0.870. The van der Waals surface area contributed by atoms with Gasteiger partial charge in [-0.1, -0.05) is 83.0 Å². The minimum absolute atomic E-state index is 0.870. The number of methoxy groups -OCH3 is 1. The highest BCUT2D eigenvalue weighted by atomic mass is 16.5. The minimum Gasteiger partial charge on any atom is -0.497 e. The molecule has 0 radical (unpaired) electrons. The number of rotatable bonds is 7. The van der Waals surface area contributed by atoms with E-state index in [0.717, 1.165) is 24.3 Å². The average Bonchev–Trinajstić information content (AvgIpc) is 2.82. The summed E-state index contributed by atoms with van der Waals surface area (Å²) in [6.07, 6.45) is 13.1. The highest BCUT2D eigenvalue weighted by molar-refractivity contribution is 5.82. The van der Waals surface area contributed by atoms with Crippen molar-refractivity contribution >= 4 is 11.3 Å². The van der Waals surface area contributed by atoms with Crippen molar-refractivity contribution in [2.75, 3.05) is 12.4 Å². The summed E-state index contributed by atoms with van der Waals surface area (Å²) in [4.78, 5) is 0. The standard InChI is InChI=1S/C33H35NO/c1-23-17-24(2)20-28(19-23)33(29-21-25(3)18-26(4)22-29)8-6-7-27-9-11-30(12-10-27)34-31-13-15-32(35-5)16-14-31/h6-9,11,13-22,34H,10,12H2,1-5H3. The zero-order valence-corrected chi connectivity index (χ0v) is 21.5. The van der Waals surface area contributed by atoms with Crippen LogP contribution in [0.5, 0.6) is 5.75 Å². The first-order valence-electron chi connectivity index (χ1n) is 12.3. The van der Waals surface area contributed by atoms with Gasteiger partial charge in [0.25, 0.3) is 0 Å². The van der Waals surface area contributed by atoms with Gasteiger partial charge in [-0.3, -0.25) is 0 Å². The van der Waals surface area contributed by atoms with Gasteiger partial charge in [0.2, 0.25) is 0 Å². The number of anilines is 1. The number of ether oxygens (including phenoxy) is 1. The second kappa shape index (κ2) is 11.1. The van der Waals surface area contributed by atoms with Crippen LogP contribution in [-0.2, 0) is 0 Å². The average molecular weight is 462 g/mol. The van der Waals surface area contributed by atoms with E-state index >= 15 is 0 Å². The molecule has 3 aromatic rings. The summed E-state index contributed by atoms with van der Waals surface area (Å²) in [6.45, 7) is 8.68. The van der Waals surface area contributed by atoms with Gasteiger partial charge in [-0.15, -0.1) is 0 Å². The van der Waals surface area contributed by atoms with E-state index in [1.165, 1.54) is 50.2 Å². The predicted molar refractivity (Wildman–Crippen MR) is 150 cm³/mol. The van der Waals surface area contributed by atoms with Crippen LogP contribution < -0.4 is 10.1 Å². The lowest BCUT2D eigenvalue weighted by Gasteiger charge is -2.15. The molecule has 1 N–H and O–H groups in total. The van der Waals surface area contributed by atoms with Crippen LogP contribution in [0.25, 0.3) is 5.57 Å². The number of hydrogen-bond donors (Lipinski definition) is 1. The van der Waals surface area contributed by atoms with Gasteiger partial charge in [0.15, 0.2) is 0 Å². The number of nitrogens with one attached hydrogen (secondary N) is 1. The Bertz CT molecular complexity index is 1230. The molecule has 2 nitrogen and oxygen atoms in total. The van der Waals surface area contributed by atoms with Gasteiger partial charge in [-0.2, -0.15) is 0 Å². The third-order valence-electron chi connectivity index (χ3n) is 6.22. The Morgan fingerprint density at radius 2 is 1.31 bits per heavy atom. The van der Waals surface area contributed by atoms with Crippen molar-refractivity contribution in [2.24, 2.45) is 0 Å². The maximum Gasteiger partial charge on any atom is 0.119 e. The fraction of sp³-hybridized carbons (Fsp3) is 0.212. The van der Waals surface area contributed by atoms with Gasteiger partial charge in [0.1, 0.15) is 5.75 Å². The van der Waals surface area contributed by atoms with Gasteiger partial charge < -0.3 is 10.1 Å². The quantitative estimate of drug-likeness (QED) is 0.356. The van der Waals surface area contributed by atoms with Crippen molar-refractivity contribution in [1.82, 2.24) is 0 Å². The van der Waals surface area contributed by atoms with E-state index in [2.05, 4.69) is 99.8 Å². The second-order valence-electron chi connectivity index (χ2n) is 9.48. The summed E-state index contributed by atoms with van der Waals surface area (Å²) in [6, 6.07) is 21.6. The van der Waals surface area contributed by atoms with Gasteiger partial charge in [0, 0.05) is 11.4 Å². The Kier molecular flexibility index (Phi) is 7.72. The molecule has 0 saturated carbocycles. The van der Waals surface area contributed by atoms with Gasteiger partial charge >= 0.3 is 0 Å². The van der Waals surface area contributed by atoms with Crippen LogP contribution in [0.15, 0.2) is 102 Å². The lowest BCUT2D eigenvalue weighted by molar-refractivity contribution is 0.415. The fourth-order valence-corrected chi connectivity index (χ4v) is 4.64. The molecule has 0 unspecified atom stereocenters. The second-order valence-corrected chi connectivity index (χ2v) is 9.48. The van der Waals surface area contributed by atoms with Crippen LogP contribution in [0.1, 0.15) is 46.2 Å². The molecular weight excluding hydrogens is 426 g/mol.